The fourth-order valence-corrected chi connectivity index (χ4v) is 6.52. The van der Waals surface area contributed by atoms with Gasteiger partial charge in [-0.2, -0.15) is 0 Å². The van der Waals surface area contributed by atoms with Gasteiger partial charge in [0, 0.05) is 20.1 Å². The van der Waals surface area contributed by atoms with Crippen molar-refractivity contribution >= 4 is 0 Å². The van der Waals surface area contributed by atoms with Gasteiger partial charge in [-0.1, -0.05) is 5.57 Å². The van der Waals surface area contributed by atoms with E-state index in [0.29, 0.717) is 12.5 Å². The topological polar surface area (TPSA) is 38.7 Å². The van der Waals surface area contributed by atoms with Gasteiger partial charge in [0.2, 0.25) is 0 Å². The molecule has 0 saturated heterocycles. The molecule has 4 rings (SSSR count). The van der Waals surface area contributed by atoms with Gasteiger partial charge in [0.25, 0.3) is 0 Å². The van der Waals surface area contributed by atoms with Gasteiger partial charge in [0.1, 0.15) is 0 Å². The quantitative estimate of drug-likeness (QED) is 0.633. The number of methoxy groups -OCH3 is 1. The first-order valence-electron chi connectivity index (χ1n) is 9.76. The van der Waals surface area contributed by atoms with E-state index in [1.807, 2.05) is 0 Å². The molecule has 0 amide bonds. The monoisotopic (exact) mass is 320 g/mol. The first-order chi connectivity index (χ1) is 11.2. The van der Waals surface area contributed by atoms with Crippen LogP contribution in [0.15, 0.2) is 11.6 Å². The molecule has 4 aliphatic rings. The zero-order chi connectivity index (χ0) is 16.0. The van der Waals surface area contributed by atoms with Crippen LogP contribution in [0.25, 0.3) is 0 Å². The van der Waals surface area contributed by atoms with Crippen molar-refractivity contribution in [3.05, 3.63) is 11.6 Å². The average molecular weight is 320 g/mol. The minimum absolute atomic E-state index is 0.0108. The number of aliphatic hydroxyl groups excluding tert-OH is 1. The second-order valence-electron chi connectivity index (χ2n) is 8.23. The minimum Gasteiger partial charge on any atom is -0.393 e. The van der Waals surface area contributed by atoms with Crippen LogP contribution in [0.5, 0.6) is 0 Å². The summed E-state index contributed by atoms with van der Waals surface area (Å²) in [6.07, 6.45) is 11.9. The van der Waals surface area contributed by atoms with Crippen LogP contribution in [0, 0.1) is 29.6 Å². The van der Waals surface area contributed by atoms with Crippen molar-refractivity contribution in [3.8, 4) is 0 Å². The lowest BCUT2D eigenvalue weighted by Gasteiger charge is -2.51. The molecule has 0 aromatic carbocycles. The third-order valence-electron chi connectivity index (χ3n) is 7.48. The van der Waals surface area contributed by atoms with Crippen molar-refractivity contribution < 1.29 is 14.6 Å². The van der Waals surface area contributed by atoms with Crippen LogP contribution in [0.1, 0.15) is 58.3 Å². The number of hydrogen-bond donors (Lipinski definition) is 1. The maximum Gasteiger partial charge on any atom is 0.187 e. The van der Waals surface area contributed by atoms with Crippen LogP contribution < -0.4 is 0 Å². The third kappa shape index (κ3) is 2.60. The molecule has 7 atom stereocenters. The van der Waals surface area contributed by atoms with Gasteiger partial charge in [-0.05, 0) is 87.5 Å². The Balaban J connectivity index is 1.55. The van der Waals surface area contributed by atoms with Gasteiger partial charge in [-0.3, -0.25) is 0 Å². The Labute approximate surface area is 140 Å². The van der Waals surface area contributed by atoms with Crippen molar-refractivity contribution in [1.82, 2.24) is 0 Å². The highest BCUT2D eigenvalue weighted by molar-refractivity contribution is 5.21. The molecule has 3 fully saturated rings. The molecule has 0 aromatic rings. The van der Waals surface area contributed by atoms with Crippen molar-refractivity contribution in [2.45, 2.75) is 70.2 Å². The van der Waals surface area contributed by atoms with Crippen LogP contribution in [-0.4, -0.2) is 30.7 Å². The number of aliphatic hydroxyl groups is 1. The second kappa shape index (κ2) is 6.16. The van der Waals surface area contributed by atoms with Crippen molar-refractivity contribution in [2.75, 3.05) is 13.7 Å². The summed E-state index contributed by atoms with van der Waals surface area (Å²) in [7, 11) is 1.78. The zero-order valence-electron chi connectivity index (χ0n) is 14.7. The van der Waals surface area contributed by atoms with Crippen molar-refractivity contribution in [3.63, 3.8) is 0 Å². The van der Waals surface area contributed by atoms with Crippen LogP contribution >= 0.6 is 0 Å². The summed E-state index contributed by atoms with van der Waals surface area (Å²) in [6, 6.07) is 0. The van der Waals surface area contributed by atoms with Gasteiger partial charge in [0.15, 0.2) is 5.79 Å². The predicted octanol–water partition coefficient (Wildman–Crippen LogP) is 3.91. The molecule has 0 heterocycles. The molecule has 1 N–H and O–H groups in total. The number of rotatable bonds is 3. The lowest BCUT2D eigenvalue weighted by atomic mass is 9.56. The molecule has 0 aliphatic heterocycles. The van der Waals surface area contributed by atoms with Gasteiger partial charge in [-0.25, -0.2) is 0 Å². The standard InChI is InChI=1S/C20H32O3/c1-3-23-20(22-2)11-10-14-13(12-20)4-5-16-15(14)6-7-18-17(16)8-9-19(18)21/h12,14-19,21H,3-11H2,1-2H3. The molecule has 0 spiro atoms. The Hall–Kier alpha value is -0.380. The normalized spacial score (nSPS) is 49.1. The van der Waals surface area contributed by atoms with Crippen molar-refractivity contribution in [2.24, 2.45) is 29.6 Å². The highest BCUT2D eigenvalue weighted by Gasteiger charge is 2.51. The number of fused-ring (bicyclic) bond motifs is 5. The van der Waals surface area contributed by atoms with E-state index < -0.39 is 5.79 Å². The van der Waals surface area contributed by atoms with E-state index in [1.54, 1.807) is 12.7 Å². The molecule has 0 radical (unpaired) electrons. The number of ether oxygens (including phenoxy) is 2. The molecule has 130 valence electrons. The second-order valence-corrected chi connectivity index (χ2v) is 8.23. The van der Waals surface area contributed by atoms with E-state index in [0.717, 1.165) is 36.5 Å². The molecule has 4 aliphatic carbocycles. The van der Waals surface area contributed by atoms with Crippen LogP contribution in [0.2, 0.25) is 0 Å². The smallest absolute Gasteiger partial charge is 0.187 e. The maximum absolute atomic E-state index is 10.3. The summed E-state index contributed by atoms with van der Waals surface area (Å²) in [4.78, 5) is 0. The molecule has 0 aromatic heterocycles. The number of allylic oxidation sites excluding steroid dienone is 1. The van der Waals surface area contributed by atoms with Gasteiger partial charge in [-0.15, -0.1) is 0 Å². The summed E-state index contributed by atoms with van der Waals surface area (Å²) >= 11 is 0. The van der Waals surface area contributed by atoms with E-state index in [9.17, 15) is 5.11 Å². The molecule has 7 unspecified atom stereocenters. The molecule has 23 heavy (non-hydrogen) atoms. The highest BCUT2D eigenvalue weighted by atomic mass is 16.7. The zero-order valence-corrected chi connectivity index (χ0v) is 14.7. The van der Waals surface area contributed by atoms with Gasteiger partial charge >= 0.3 is 0 Å². The molecular formula is C20H32O3. The van der Waals surface area contributed by atoms with E-state index >= 15 is 0 Å². The third-order valence-corrected chi connectivity index (χ3v) is 7.48. The minimum atomic E-state index is -0.464. The first-order valence-corrected chi connectivity index (χ1v) is 9.76. The fraction of sp³-hybridized carbons (Fsp3) is 0.900. The van der Waals surface area contributed by atoms with Crippen molar-refractivity contribution in [1.29, 1.82) is 0 Å². The van der Waals surface area contributed by atoms with Crippen LogP contribution in [0.4, 0.5) is 0 Å². The largest absolute Gasteiger partial charge is 0.393 e. The average Bonchev–Trinajstić information content (AvgIpc) is 2.96. The van der Waals surface area contributed by atoms with E-state index in [1.165, 1.54) is 38.5 Å². The molecule has 0 bridgehead atoms. The first kappa shape index (κ1) is 16.1. The fourth-order valence-electron chi connectivity index (χ4n) is 6.52. The van der Waals surface area contributed by atoms with E-state index in [4.69, 9.17) is 9.47 Å². The number of hydrogen-bond acceptors (Lipinski definition) is 3. The molecule has 3 nitrogen and oxygen atoms in total. The Morgan fingerprint density at radius 2 is 1.78 bits per heavy atom. The van der Waals surface area contributed by atoms with E-state index in [2.05, 4.69) is 13.0 Å². The highest BCUT2D eigenvalue weighted by Crippen LogP contribution is 2.57. The Bertz CT molecular complexity index is 474. The lowest BCUT2D eigenvalue weighted by Crippen LogP contribution is -2.45. The molecule has 3 saturated carbocycles. The Morgan fingerprint density at radius 3 is 2.57 bits per heavy atom. The Morgan fingerprint density at radius 1 is 1.04 bits per heavy atom. The van der Waals surface area contributed by atoms with Crippen LogP contribution in [-0.2, 0) is 9.47 Å². The van der Waals surface area contributed by atoms with Gasteiger partial charge in [0.05, 0.1) is 6.10 Å². The summed E-state index contributed by atoms with van der Waals surface area (Å²) in [5.74, 6) is 3.39. The van der Waals surface area contributed by atoms with Crippen LogP contribution in [0.3, 0.4) is 0 Å². The SMILES string of the molecule is CCOC1(OC)C=C2CCC3C(CCC4C(O)CCC43)C2CC1. The van der Waals surface area contributed by atoms with Gasteiger partial charge < -0.3 is 14.6 Å². The summed E-state index contributed by atoms with van der Waals surface area (Å²) in [5, 5.41) is 10.3. The summed E-state index contributed by atoms with van der Waals surface area (Å²) in [6.45, 7) is 2.75. The van der Waals surface area contributed by atoms with E-state index in [-0.39, 0.29) is 6.10 Å². The lowest BCUT2D eigenvalue weighted by molar-refractivity contribution is -0.197. The predicted molar refractivity (Wildman–Crippen MR) is 89.8 cm³/mol. The molecular weight excluding hydrogens is 288 g/mol. The Kier molecular flexibility index (Phi) is 4.32. The molecule has 3 heteroatoms. The summed E-state index contributed by atoms with van der Waals surface area (Å²) in [5.41, 5.74) is 1.60. The maximum atomic E-state index is 10.3. The summed E-state index contributed by atoms with van der Waals surface area (Å²) < 4.78 is 11.7.